The van der Waals surface area contributed by atoms with Gasteiger partial charge in [0.15, 0.2) is 0 Å². The molecule has 7 nitrogen and oxygen atoms in total. The number of hydrogen-bond donors (Lipinski definition) is 0. The summed E-state index contributed by atoms with van der Waals surface area (Å²) in [6.07, 6.45) is 6.19. The zero-order valence-corrected chi connectivity index (χ0v) is 13.2. The minimum absolute atomic E-state index is 0.126. The van der Waals surface area contributed by atoms with Gasteiger partial charge in [-0.3, -0.25) is 4.79 Å². The van der Waals surface area contributed by atoms with E-state index in [9.17, 15) is 4.79 Å². The number of halogens is 1. The molecule has 0 bridgehead atoms. The van der Waals surface area contributed by atoms with Crippen LogP contribution in [0.5, 0.6) is 0 Å². The van der Waals surface area contributed by atoms with E-state index in [-0.39, 0.29) is 17.2 Å². The Balaban J connectivity index is 1.58. The summed E-state index contributed by atoms with van der Waals surface area (Å²) in [6, 6.07) is 0.209. The van der Waals surface area contributed by atoms with Crippen molar-refractivity contribution in [3.05, 3.63) is 29.1 Å². The topological polar surface area (TPSA) is 77.0 Å². The average Bonchev–Trinajstić information content (AvgIpc) is 3.16. The van der Waals surface area contributed by atoms with E-state index in [0.717, 1.165) is 30.6 Å². The van der Waals surface area contributed by atoms with Gasteiger partial charge in [-0.15, -0.1) is 0 Å². The van der Waals surface area contributed by atoms with Crippen molar-refractivity contribution >= 4 is 17.5 Å². The first-order chi connectivity index (χ1) is 10.6. The molecule has 118 valence electrons. The molecule has 1 fully saturated rings. The van der Waals surface area contributed by atoms with Crippen LogP contribution in [0, 0.1) is 6.92 Å². The monoisotopic (exact) mass is 323 g/mol. The highest BCUT2D eigenvalue weighted by molar-refractivity contribution is 6.29. The van der Waals surface area contributed by atoms with Crippen LogP contribution in [0.1, 0.15) is 36.6 Å². The maximum absolute atomic E-state index is 12.4. The molecule has 0 N–H and O–H groups in total. The predicted octanol–water partition coefficient (Wildman–Crippen LogP) is 2.02. The normalized spacial score (nSPS) is 18.6. The summed E-state index contributed by atoms with van der Waals surface area (Å²) in [4.78, 5) is 18.3. The summed E-state index contributed by atoms with van der Waals surface area (Å²) in [5.74, 6) is 0.126. The van der Waals surface area contributed by atoms with Crippen molar-refractivity contribution in [2.45, 2.75) is 38.6 Å². The second-order valence-corrected chi connectivity index (χ2v) is 5.87. The number of rotatable bonds is 4. The van der Waals surface area contributed by atoms with E-state index in [4.69, 9.17) is 16.1 Å². The third-order valence-electron chi connectivity index (χ3n) is 4.09. The molecule has 1 aliphatic heterocycles. The van der Waals surface area contributed by atoms with Gasteiger partial charge in [0.2, 0.25) is 11.1 Å². The Morgan fingerprint density at radius 2 is 2.41 bits per heavy atom. The van der Waals surface area contributed by atoms with Crippen LogP contribution in [0.15, 0.2) is 17.2 Å². The summed E-state index contributed by atoms with van der Waals surface area (Å²) in [7, 11) is 0. The summed E-state index contributed by atoms with van der Waals surface area (Å²) in [5.41, 5.74) is 1.57. The molecule has 1 atom stereocenters. The van der Waals surface area contributed by atoms with Crippen molar-refractivity contribution in [2.75, 3.05) is 13.1 Å². The highest BCUT2D eigenvalue weighted by atomic mass is 35.5. The molecular formula is C14H18ClN5O2. The average molecular weight is 324 g/mol. The quantitative estimate of drug-likeness (QED) is 0.860. The van der Waals surface area contributed by atoms with Gasteiger partial charge in [0.25, 0.3) is 0 Å². The van der Waals surface area contributed by atoms with Gasteiger partial charge in [-0.25, -0.2) is 9.67 Å². The lowest BCUT2D eigenvalue weighted by Crippen LogP contribution is -2.41. The van der Waals surface area contributed by atoms with Gasteiger partial charge in [-0.05, 0) is 37.8 Å². The van der Waals surface area contributed by atoms with Gasteiger partial charge in [0.05, 0.1) is 11.7 Å². The lowest BCUT2D eigenvalue weighted by Gasteiger charge is -2.32. The number of amides is 1. The highest BCUT2D eigenvalue weighted by Gasteiger charge is 2.25. The molecule has 1 amide bonds. The SMILES string of the molecule is Cc1noc(Cl)c1CCC(=O)N1CCCC(n2cncn2)C1. The minimum atomic E-state index is 0.126. The lowest BCUT2D eigenvalue weighted by atomic mass is 10.0. The zero-order valence-electron chi connectivity index (χ0n) is 12.4. The highest BCUT2D eigenvalue weighted by Crippen LogP contribution is 2.23. The fraction of sp³-hybridized carbons (Fsp3) is 0.571. The number of carbonyl (C=O) groups is 1. The number of likely N-dealkylation sites (tertiary alicyclic amines) is 1. The molecule has 3 rings (SSSR count). The molecule has 2 aromatic heterocycles. The third kappa shape index (κ3) is 3.14. The Morgan fingerprint density at radius 1 is 1.55 bits per heavy atom. The van der Waals surface area contributed by atoms with Gasteiger partial charge in [-0.2, -0.15) is 5.10 Å². The predicted molar refractivity (Wildman–Crippen MR) is 79.4 cm³/mol. The van der Waals surface area contributed by atoms with E-state index in [1.165, 1.54) is 6.33 Å². The van der Waals surface area contributed by atoms with Crippen LogP contribution in [-0.4, -0.2) is 43.8 Å². The van der Waals surface area contributed by atoms with Crippen LogP contribution in [0.25, 0.3) is 0 Å². The molecule has 1 unspecified atom stereocenters. The maximum Gasteiger partial charge on any atom is 0.229 e. The molecule has 0 aromatic carbocycles. The smallest absolute Gasteiger partial charge is 0.229 e. The van der Waals surface area contributed by atoms with Crippen LogP contribution in [0.3, 0.4) is 0 Å². The van der Waals surface area contributed by atoms with E-state index in [2.05, 4.69) is 15.2 Å². The number of aromatic nitrogens is 4. The second kappa shape index (κ2) is 6.48. The maximum atomic E-state index is 12.4. The van der Waals surface area contributed by atoms with Crippen LogP contribution in [0.2, 0.25) is 5.22 Å². The van der Waals surface area contributed by atoms with Crippen molar-refractivity contribution in [1.29, 1.82) is 0 Å². The molecule has 2 aromatic rings. The third-order valence-corrected chi connectivity index (χ3v) is 4.38. The van der Waals surface area contributed by atoms with Gasteiger partial charge < -0.3 is 9.42 Å². The van der Waals surface area contributed by atoms with Crippen LogP contribution >= 0.6 is 11.6 Å². The molecule has 0 aliphatic carbocycles. The molecule has 1 saturated heterocycles. The summed E-state index contributed by atoms with van der Waals surface area (Å²) >= 11 is 5.93. The Morgan fingerprint density at radius 3 is 3.09 bits per heavy atom. The fourth-order valence-electron chi connectivity index (χ4n) is 2.83. The van der Waals surface area contributed by atoms with E-state index < -0.39 is 0 Å². The number of hydrogen-bond acceptors (Lipinski definition) is 5. The Bertz CT molecular complexity index is 620. The Hall–Kier alpha value is -1.89. The summed E-state index contributed by atoms with van der Waals surface area (Å²) in [6.45, 7) is 3.30. The van der Waals surface area contributed by atoms with E-state index >= 15 is 0 Å². The molecule has 1 aliphatic rings. The van der Waals surface area contributed by atoms with Crippen molar-refractivity contribution in [3.8, 4) is 0 Å². The molecule has 22 heavy (non-hydrogen) atoms. The first-order valence-electron chi connectivity index (χ1n) is 7.37. The number of carbonyl (C=O) groups excluding carboxylic acids is 1. The van der Waals surface area contributed by atoms with Crippen LogP contribution in [0.4, 0.5) is 0 Å². The molecule has 0 spiro atoms. The molecule has 0 saturated carbocycles. The molecule has 3 heterocycles. The first-order valence-corrected chi connectivity index (χ1v) is 7.75. The number of piperidine rings is 1. The largest absolute Gasteiger partial charge is 0.344 e. The number of nitrogens with zero attached hydrogens (tertiary/aromatic N) is 5. The van der Waals surface area contributed by atoms with E-state index in [0.29, 0.717) is 19.4 Å². The second-order valence-electron chi connectivity index (χ2n) is 5.53. The van der Waals surface area contributed by atoms with Crippen LogP contribution < -0.4 is 0 Å². The lowest BCUT2D eigenvalue weighted by molar-refractivity contribution is -0.132. The minimum Gasteiger partial charge on any atom is -0.344 e. The molecule has 8 heteroatoms. The summed E-state index contributed by atoms with van der Waals surface area (Å²) < 4.78 is 6.74. The van der Waals surface area contributed by atoms with E-state index in [1.54, 1.807) is 6.33 Å². The van der Waals surface area contributed by atoms with Crippen molar-refractivity contribution in [3.63, 3.8) is 0 Å². The van der Waals surface area contributed by atoms with Gasteiger partial charge >= 0.3 is 0 Å². The van der Waals surface area contributed by atoms with Crippen LogP contribution in [-0.2, 0) is 11.2 Å². The number of aryl methyl sites for hydroxylation is 1. The summed E-state index contributed by atoms with van der Waals surface area (Å²) in [5, 5.41) is 8.26. The molecule has 0 radical (unpaired) electrons. The van der Waals surface area contributed by atoms with Crippen molar-refractivity contribution in [2.24, 2.45) is 0 Å². The van der Waals surface area contributed by atoms with Gasteiger partial charge in [-0.1, -0.05) is 5.16 Å². The van der Waals surface area contributed by atoms with Gasteiger partial charge in [0.1, 0.15) is 12.7 Å². The van der Waals surface area contributed by atoms with Crippen molar-refractivity contribution < 1.29 is 9.32 Å². The van der Waals surface area contributed by atoms with E-state index in [1.807, 2.05) is 16.5 Å². The zero-order chi connectivity index (χ0) is 15.5. The van der Waals surface area contributed by atoms with Gasteiger partial charge in [0, 0.05) is 25.1 Å². The molecular weight excluding hydrogens is 306 g/mol. The Kier molecular flexibility index (Phi) is 4.42. The Labute approximate surface area is 133 Å². The standard InChI is InChI=1S/C14H18ClN5O2/c1-10-12(14(15)22-18-10)4-5-13(21)19-6-2-3-11(7-19)20-9-16-8-17-20/h8-9,11H,2-7H2,1H3. The fourth-order valence-corrected chi connectivity index (χ4v) is 3.10. The van der Waals surface area contributed by atoms with Crippen molar-refractivity contribution in [1.82, 2.24) is 24.8 Å². The first kappa shape index (κ1) is 15.0.